The summed E-state index contributed by atoms with van der Waals surface area (Å²) in [6, 6.07) is 11.2. The molecule has 144 valence electrons. The van der Waals surface area contributed by atoms with Gasteiger partial charge in [-0.3, -0.25) is 0 Å². The second-order valence-electron chi connectivity index (χ2n) is 5.68. The molecule has 0 unspecified atom stereocenters. The molecule has 0 radical (unpaired) electrons. The van der Waals surface area contributed by atoms with Crippen LogP contribution in [0, 0.1) is 0 Å². The van der Waals surface area contributed by atoms with E-state index in [0.717, 1.165) is 12.8 Å². The van der Waals surface area contributed by atoms with Crippen LogP contribution in [0.2, 0.25) is 0 Å². The lowest BCUT2D eigenvalue weighted by molar-refractivity contribution is 0.0501. The minimum atomic E-state index is -0.490. The molecule has 2 aromatic carbocycles. The second kappa shape index (κ2) is 10.1. The van der Waals surface area contributed by atoms with E-state index in [9.17, 15) is 9.59 Å². The fourth-order valence-electron chi connectivity index (χ4n) is 2.36. The molecule has 2 rings (SSSR count). The summed E-state index contributed by atoms with van der Waals surface area (Å²) < 4.78 is 15.6. The first-order valence-corrected chi connectivity index (χ1v) is 8.65. The molecule has 0 aromatic heterocycles. The largest absolute Gasteiger partial charge is 0.493 e. The van der Waals surface area contributed by atoms with Gasteiger partial charge < -0.3 is 24.8 Å². The molecule has 2 N–H and O–H groups in total. The van der Waals surface area contributed by atoms with Gasteiger partial charge in [0.1, 0.15) is 0 Å². The van der Waals surface area contributed by atoms with E-state index in [1.165, 1.54) is 14.2 Å². The highest BCUT2D eigenvalue weighted by molar-refractivity contribution is 6.05. The Morgan fingerprint density at radius 2 is 1.70 bits per heavy atom. The van der Waals surface area contributed by atoms with Gasteiger partial charge >= 0.3 is 12.0 Å². The first kappa shape index (κ1) is 20.1. The van der Waals surface area contributed by atoms with Crippen LogP contribution >= 0.6 is 0 Å². The van der Waals surface area contributed by atoms with Crippen LogP contribution in [0.5, 0.6) is 11.5 Å². The van der Waals surface area contributed by atoms with Gasteiger partial charge in [0, 0.05) is 11.8 Å². The highest BCUT2D eigenvalue weighted by Crippen LogP contribution is 2.29. The molecule has 0 aliphatic carbocycles. The molecular weight excluding hydrogens is 348 g/mol. The molecule has 0 saturated heterocycles. The van der Waals surface area contributed by atoms with Crippen molar-refractivity contribution in [2.75, 3.05) is 31.5 Å². The number of rotatable bonds is 8. The smallest absolute Gasteiger partial charge is 0.340 e. The molecule has 0 aliphatic heterocycles. The Morgan fingerprint density at radius 3 is 2.41 bits per heavy atom. The molecule has 0 atom stereocenters. The highest BCUT2D eigenvalue weighted by atomic mass is 16.5. The molecule has 7 nitrogen and oxygen atoms in total. The topological polar surface area (TPSA) is 85.9 Å². The van der Waals surface area contributed by atoms with E-state index in [-0.39, 0.29) is 0 Å². The van der Waals surface area contributed by atoms with Crippen molar-refractivity contribution in [3.8, 4) is 11.5 Å². The predicted octanol–water partition coefficient (Wildman–Crippen LogP) is 4.30. The number of anilines is 2. The van der Waals surface area contributed by atoms with Crippen LogP contribution in [0.25, 0.3) is 0 Å². The number of urea groups is 1. The van der Waals surface area contributed by atoms with Crippen LogP contribution in [0.3, 0.4) is 0 Å². The molecule has 0 fully saturated rings. The van der Waals surface area contributed by atoms with Crippen LogP contribution < -0.4 is 20.1 Å². The highest BCUT2D eigenvalue weighted by Gasteiger charge is 2.15. The summed E-state index contributed by atoms with van der Waals surface area (Å²) in [6.45, 7) is 2.36. The first-order chi connectivity index (χ1) is 13.1. The average molecular weight is 372 g/mol. The zero-order valence-electron chi connectivity index (χ0n) is 15.7. The molecular formula is C20H24N2O5. The molecule has 2 amide bonds. The number of para-hydroxylation sites is 1. The zero-order valence-corrected chi connectivity index (χ0v) is 15.7. The van der Waals surface area contributed by atoms with Crippen LogP contribution in [0.1, 0.15) is 30.1 Å². The van der Waals surface area contributed by atoms with Gasteiger partial charge in [0.15, 0.2) is 11.5 Å². The van der Waals surface area contributed by atoms with Crippen molar-refractivity contribution in [1.29, 1.82) is 0 Å². The maximum atomic E-state index is 12.3. The second-order valence-corrected chi connectivity index (χ2v) is 5.68. The van der Waals surface area contributed by atoms with E-state index in [1.807, 2.05) is 6.92 Å². The van der Waals surface area contributed by atoms with Gasteiger partial charge in [-0.05, 0) is 30.7 Å². The maximum Gasteiger partial charge on any atom is 0.340 e. The number of benzene rings is 2. The quantitative estimate of drug-likeness (QED) is 0.533. The minimum Gasteiger partial charge on any atom is -0.493 e. The fourth-order valence-corrected chi connectivity index (χ4v) is 2.36. The molecule has 0 aliphatic rings. The third-order valence-corrected chi connectivity index (χ3v) is 3.77. The van der Waals surface area contributed by atoms with E-state index >= 15 is 0 Å². The van der Waals surface area contributed by atoms with E-state index in [4.69, 9.17) is 14.2 Å². The summed E-state index contributed by atoms with van der Waals surface area (Å²) in [6.07, 6.45) is 1.72. The number of ether oxygens (including phenoxy) is 3. The molecule has 0 bridgehead atoms. The summed E-state index contributed by atoms with van der Waals surface area (Å²) in [7, 11) is 3.05. The SMILES string of the molecule is CCCCOC(=O)c1ccccc1NC(=O)Nc1ccc(OC)c(OC)c1. The third kappa shape index (κ3) is 5.64. The van der Waals surface area contributed by atoms with Crippen molar-refractivity contribution < 1.29 is 23.8 Å². The summed E-state index contributed by atoms with van der Waals surface area (Å²) in [5.74, 6) is 0.587. The Bertz CT molecular complexity index is 792. The number of amides is 2. The summed E-state index contributed by atoms with van der Waals surface area (Å²) in [5, 5.41) is 5.37. The van der Waals surface area contributed by atoms with Crippen LogP contribution in [-0.4, -0.2) is 32.8 Å². The number of hydrogen-bond donors (Lipinski definition) is 2. The molecule has 0 saturated carbocycles. The van der Waals surface area contributed by atoms with Gasteiger partial charge in [-0.2, -0.15) is 0 Å². The summed E-state index contributed by atoms with van der Waals surface area (Å²) in [4.78, 5) is 24.5. The van der Waals surface area contributed by atoms with Crippen molar-refractivity contribution in [2.45, 2.75) is 19.8 Å². The van der Waals surface area contributed by atoms with Crippen molar-refractivity contribution in [2.24, 2.45) is 0 Å². The van der Waals surface area contributed by atoms with Gasteiger partial charge in [0.05, 0.1) is 32.1 Å². The summed E-state index contributed by atoms with van der Waals surface area (Å²) in [5.41, 5.74) is 1.20. The number of nitrogens with one attached hydrogen (secondary N) is 2. The number of unbranched alkanes of at least 4 members (excludes halogenated alkanes) is 1. The van der Waals surface area contributed by atoms with Crippen LogP contribution in [-0.2, 0) is 4.74 Å². The van der Waals surface area contributed by atoms with Crippen molar-refractivity contribution in [1.82, 2.24) is 0 Å². The number of carbonyl (C=O) groups is 2. The first-order valence-electron chi connectivity index (χ1n) is 8.65. The van der Waals surface area contributed by atoms with Crippen molar-refractivity contribution >= 4 is 23.4 Å². The molecule has 7 heteroatoms. The standard InChI is InChI=1S/C20H24N2O5/c1-4-5-12-27-19(23)15-8-6-7-9-16(15)22-20(24)21-14-10-11-17(25-2)18(13-14)26-3/h6-11,13H,4-5,12H2,1-3H3,(H2,21,22,24). The number of hydrogen-bond acceptors (Lipinski definition) is 5. The number of carbonyl (C=O) groups excluding carboxylic acids is 2. The monoisotopic (exact) mass is 372 g/mol. The van der Waals surface area contributed by atoms with Crippen molar-refractivity contribution in [3.63, 3.8) is 0 Å². The van der Waals surface area contributed by atoms with E-state index in [2.05, 4.69) is 10.6 Å². The Balaban J connectivity index is 2.07. The molecule has 0 spiro atoms. The zero-order chi connectivity index (χ0) is 19.6. The summed E-state index contributed by atoms with van der Waals surface area (Å²) >= 11 is 0. The normalized spacial score (nSPS) is 10.0. The van der Waals surface area contributed by atoms with Crippen LogP contribution in [0.4, 0.5) is 16.2 Å². The van der Waals surface area contributed by atoms with Gasteiger partial charge in [-0.1, -0.05) is 25.5 Å². The van der Waals surface area contributed by atoms with Gasteiger partial charge in [-0.15, -0.1) is 0 Å². The van der Waals surface area contributed by atoms with E-state index in [1.54, 1.807) is 42.5 Å². The number of esters is 1. The Morgan fingerprint density at radius 1 is 0.963 bits per heavy atom. The van der Waals surface area contributed by atoms with Gasteiger partial charge in [0.25, 0.3) is 0 Å². The lowest BCUT2D eigenvalue weighted by Gasteiger charge is -2.13. The van der Waals surface area contributed by atoms with Gasteiger partial charge in [-0.25, -0.2) is 9.59 Å². The predicted molar refractivity (Wildman–Crippen MR) is 104 cm³/mol. The Hall–Kier alpha value is -3.22. The van der Waals surface area contributed by atoms with Gasteiger partial charge in [0.2, 0.25) is 0 Å². The van der Waals surface area contributed by atoms with E-state index < -0.39 is 12.0 Å². The molecule has 27 heavy (non-hydrogen) atoms. The average Bonchev–Trinajstić information content (AvgIpc) is 2.68. The third-order valence-electron chi connectivity index (χ3n) is 3.77. The van der Waals surface area contributed by atoms with E-state index in [0.29, 0.717) is 35.0 Å². The minimum absolute atomic E-state index is 0.302. The van der Waals surface area contributed by atoms with Crippen LogP contribution in [0.15, 0.2) is 42.5 Å². The Kier molecular flexibility index (Phi) is 7.49. The number of methoxy groups -OCH3 is 2. The van der Waals surface area contributed by atoms with Crippen molar-refractivity contribution in [3.05, 3.63) is 48.0 Å². The molecule has 0 heterocycles. The Labute approximate surface area is 158 Å². The molecule has 2 aromatic rings. The fraction of sp³-hybridized carbons (Fsp3) is 0.300. The lowest BCUT2D eigenvalue weighted by atomic mass is 10.2. The lowest BCUT2D eigenvalue weighted by Crippen LogP contribution is -2.21. The maximum absolute atomic E-state index is 12.3.